The molecule has 1 rings (SSSR count). The molecule has 5 nitrogen and oxygen atoms in total. The number of nitrogens with zero attached hydrogens (tertiary/aromatic N) is 3. The Balaban J connectivity index is 2.77. The summed E-state index contributed by atoms with van der Waals surface area (Å²) in [6.07, 6.45) is 1.63. The summed E-state index contributed by atoms with van der Waals surface area (Å²) in [4.78, 5) is 21.8. The van der Waals surface area contributed by atoms with E-state index in [0.717, 1.165) is 5.56 Å². The summed E-state index contributed by atoms with van der Waals surface area (Å²) in [5.41, 5.74) is 0.860. The normalized spacial score (nSPS) is 12.1. The molecule has 6 heteroatoms. The van der Waals surface area contributed by atoms with Gasteiger partial charge in [-0.2, -0.15) is 0 Å². The lowest BCUT2D eigenvalue weighted by atomic mass is 10.2. The van der Waals surface area contributed by atoms with E-state index >= 15 is 0 Å². The van der Waals surface area contributed by atoms with Crippen LogP contribution in [0.5, 0.6) is 0 Å². The Morgan fingerprint density at radius 1 is 1.50 bits per heavy atom. The fraction of sp³-hybridized carbons (Fsp3) is 0.583. The maximum Gasteiger partial charge on any atom is 0.244 e. The van der Waals surface area contributed by atoms with Crippen LogP contribution in [-0.2, 0) is 4.79 Å². The molecule has 1 unspecified atom stereocenters. The van der Waals surface area contributed by atoms with Crippen molar-refractivity contribution in [3.05, 3.63) is 17.0 Å². The van der Waals surface area contributed by atoms with Crippen LogP contribution in [0.3, 0.4) is 0 Å². The molecule has 0 saturated heterocycles. The van der Waals surface area contributed by atoms with Gasteiger partial charge in [0, 0.05) is 24.8 Å². The summed E-state index contributed by atoms with van der Waals surface area (Å²) >= 11 is 5.74. The standard InChI is InChI=1S/C12H19ClN4O/c1-5-17(6-2)11(18)9(4)15-10-8(3)7-14-12(13)16-10/h7,9H,5-6H2,1-4H3,(H,14,15,16). The third-order valence-corrected chi connectivity index (χ3v) is 2.92. The third kappa shape index (κ3) is 3.57. The van der Waals surface area contributed by atoms with Gasteiger partial charge in [0.05, 0.1) is 0 Å². The average molecular weight is 271 g/mol. The van der Waals surface area contributed by atoms with Gasteiger partial charge in [-0.3, -0.25) is 4.79 Å². The molecule has 0 aliphatic carbocycles. The van der Waals surface area contributed by atoms with E-state index in [1.54, 1.807) is 11.1 Å². The number of rotatable bonds is 5. The third-order valence-electron chi connectivity index (χ3n) is 2.74. The van der Waals surface area contributed by atoms with Gasteiger partial charge in [0.2, 0.25) is 11.2 Å². The Morgan fingerprint density at radius 2 is 2.11 bits per heavy atom. The predicted octanol–water partition coefficient (Wildman–Crippen LogP) is 2.11. The van der Waals surface area contributed by atoms with Gasteiger partial charge in [0.25, 0.3) is 0 Å². The van der Waals surface area contributed by atoms with Crippen molar-refractivity contribution < 1.29 is 4.79 Å². The highest BCUT2D eigenvalue weighted by molar-refractivity contribution is 6.28. The number of nitrogens with one attached hydrogen (secondary N) is 1. The zero-order valence-corrected chi connectivity index (χ0v) is 12.0. The number of carbonyl (C=O) groups is 1. The van der Waals surface area contributed by atoms with Gasteiger partial charge in [0.15, 0.2) is 0 Å². The minimum atomic E-state index is -0.338. The van der Waals surface area contributed by atoms with Crippen LogP contribution >= 0.6 is 11.6 Å². The van der Waals surface area contributed by atoms with E-state index in [0.29, 0.717) is 18.9 Å². The van der Waals surface area contributed by atoms with Crippen LogP contribution in [0.4, 0.5) is 5.82 Å². The van der Waals surface area contributed by atoms with E-state index in [4.69, 9.17) is 11.6 Å². The second-order valence-electron chi connectivity index (χ2n) is 4.05. The first-order valence-corrected chi connectivity index (χ1v) is 6.41. The monoisotopic (exact) mass is 270 g/mol. The number of hydrogen-bond donors (Lipinski definition) is 1. The van der Waals surface area contributed by atoms with E-state index in [-0.39, 0.29) is 17.2 Å². The molecule has 1 N–H and O–H groups in total. The number of likely N-dealkylation sites (N-methyl/N-ethyl adjacent to an activating group) is 1. The minimum Gasteiger partial charge on any atom is -0.358 e. The Kier molecular flexibility index (Phi) is 5.34. The van der Waals surface area contributed by atoms with E-state index in [2.05, 4.69) is 15.3 Å². The molecule has 1 amide bonds. The largest absolute Gasteiger partial charge is 0.358 e. The van der Waals surface area contributed by atoms with E-state index in [1.165, 1.54) is 0 Å². The number of hydrogen-bond acceptors (Lipinski definition) is 4. The van der Waals surface area contributed by atoms with Gasteiger partial charge in [-0.05, 0) is 39.3 Å². The summed E-state index contributed by atoms with van der Waals surface area (Å²) in [7, 11) is 0. The Bertz CT molecular complexity index is 421. The molecule has 1 aromatic rings. The van der Waals surface area contributed by atoms with Crippen molar-refractivity contribution >= 4 is 23.3 Å². The lowest BCUT2D eigenvalue weighted by Gasteiger charge is -2.24. The van der Waals surface area contributed by atoms with Crippen molar-refractivity contribution in [1.82, 2.24) is 14.9 Å². The summed E-state index contributed by atoms with van der Waals surface area (Å²) < 4.78 is 0. The van der Waals surface area contributed by atoms with Crippen LogP contribution in [-0.4, -0.2) is 39.9 Å². The number of carbonyl (C=O) groups excluding carboxylic acids is 1. The van der Waals surface area contributed by atoms with E-state index in [1.807, 2.05) is 27.7 Å². The lowest BCUT2D eigenvalue weighted by molar-refractivity contribution is -0.131. The molecule has 0 bridgehead atoms. The number of amides is 1. The van der Waals surface area contributed by atoms with Gasteiger partial charge >= 0.3 is 0 Å². The molecule has 0 aliphatic heterocycles. The molecule has 0 spiro atoms. The average Bonchev–Trinajstić information content (AvgIpc) is 2.35. The summed E-state index contributed by atoms with van der Waals surface area (Å²) in [6, 6.07) is -0.338. The predicted molar refractivity (Wildman–Crippen MR) is 72.8 cm³/mol. The Labute approximate surface area is 113 Å². The highest BCUT2D eigenvalue weighted by atomic mass is 35.5. The lowest BCUT2D eigenvalue weighted by Crippen LogP contribution is -2.41. The van der Waals surface area contributed by atoms with Gasteiger partial charge < -0.3 is 10.2 Å². The first kappa shape index (κ1) is 14.7. The summed E-state index contributed by atoms with van der Waals surface area (Å²) in [5.74, 6) is 0.650. The second kappa shape index (κ2) is 6.54. The fourth-order valence-corrected chi connectivity index (χ4v) is 1.78. The van der Waals surface area contributed by atoms with E-state index < -0.39 is 0 Å². The van der Waals surface area contributed by atoms with Gasteiger partial charge in [0.1, 0.15) is 11.9 Å². The number of halogens is 1. The van der Waals surface area contributed by atoms with Crippen molar-refractivity contribution in [1.29, 1.82) is 0 Å². The van der Waals surface area contributed by atoms with Crippen molar-refractivity contribution in [2.45, 2.75) is 33.7 Å². The molecular formula is C12H19ClN4O. The maximum absolute atomic E-state index is 12.1. The highest BCUT2D eigenvalue weighted by Gasteiger charge is 2.19. The zero-order chi connectivity index (χ0) is 13.7. The van der Waals surface area contributed by atoms with Crippen molar-refractivity contribution in [3.63, 3.8) is 0 Å². The smallest absolute Gasteiger partial charge is 0.244 e. The van der Waals surface area contributed by atoms with Crippen molar-refractivity contribution in [2.75, 3.05) is 18.4 Å². The Hall–Kier alpha value is -1.36. The Morgan fingerprint density at radius 3 is 2.67 bits per heavy atom. The molecule has 1 atom stereocenters. The number of aryl methyl sites for hydroxylation is 1. The molecule has 0 aliphatic rings. The fourth-order valence-electron chi connectivity index (χ4n) is 1.64. The number of anilines is 1. The van der Waals surface area contributed by atoms with Crippen LogP contribution in [0, 0.1) is 6.92 Å². The number of aromatic nitrogens is 2. The molecule has 0 radical (unpaired) electrons. The molecule has 18 heavy (non-hydrogen) atoms. The SMILES string of the molecule is CCN(CC)C(=O)C(C)Nc1nc(Cl)ncc1C. The quantitative estimate of drug-likeness (QED) is 0.833. The van der Waals surface area contributed by atoms with Gasteiger partial charge in [-0.1, -0.05) is 0 Å². The molecule has 100 valence electrons. The summed E-state index contributed by atoms with van der Waals surface area (Å²) in [6.45, 7) is 9.00. The van der Waals surface area contributed by atoms with Crippen LogP contribution < -0.4 is 5.32 Å². The first-order valence-electron chi connectivity index (χ1n) is 6.04. The van der Waals surface area contributed by atoms with Crippen molar-refractivity contribution in [2.24, 2.45) is 0 Å². The molecule has 0 aromatic carbocycles. The molecule has 0 fully saturated rings. The van der Waals surface area contributed by atoms with Gasteiger partial charge in [-0.15, -0.1) is 0 Å². The first-order chi connectivity index (χ1) is 8.49. The molecule has 0 saturated carbocycles. The van der Waals surface area contributed by atoms with Crippen LogP contribution in [0.2, 0.25) is 5.28 Å². The topological polar surface area (TPSA) is 58.1 Å². The molecule has 1 aromatic heterocycles. The second-order valence-corrected chi connectivity index (χ2v) is 4.39. The minimum absolute atomic E-state index is 0.0501. The summed E-state index contributed by atoms with van der Waals surface area (Å²) in [5, 5.41) is 3.24. The van der Waals surface area contributed by atoms with Crippen molar-refractivity contribution in [3.8, 4) is 0 Å². The maximum atomic E-state index is 12.1. The highest BCUT2D eigenvalue weighted by Crippen LogP contribution is 2.14. The van der Waals surface area contributed by atoms with Crippen LogP contribution in [0.25, 0.3) is 0 Å². The van der Waals surface area contributed by atoms with Crippen LogP contribution in [0.15, 0.2) is 6.20 Å². The zero-order valence-electron chi connectivity index (χ0n) is 11.2. The molecular weight excluding hydrogens is 252 g/mol. The van der Waals surface area contributed by atoms with Crippen LogP contribution in [0.1, 0.15) is 26.3 Å². The van der Waals surface area contributed by atoms with Gasteiger partial charge in [-0.25, -0.2) is 9.97 Å². The van der Waals surface area contributed by atoms with E-state index in [9.17, 15) is 4.79 Å². The molecule has 1 heterocycles.